The van der Waals surface area contributed by atoms with Gasteiger partial charge in [-0.2, -0.15) is 5.10 Å². The van der Waals surface area contributed by atoms with Crippen molar-refractivity contribution in [1.29, 1.82) is 0 Å². The number of benzene rings is 1. The van der Waals surface area contributed by atoms with E-state index in [9.17, 15) is 24.6 Å². The van der Waals surface area contributed by atoms with Crippen LogP contribution < -0.4 is 10.1 Å². The molecule has 2 aromatic rings. The molecule has 1 aliphatic carbocycles. The third kappa shape index (κ3) is 2.92. The van der Waals surface area contributed by atoms with Gasteiger partial charge in [-0.05, 0) is 33.8 Å². The van der Waals surface area contributed by atoms with Gasteiger partial charge in [0, 0.05) is 36.3 Å². The number of carbonyl (C=O) groups is 3. The number of phenols is 2. The Bertz CT molecular complexity index is 1240. The van der Waals surface area contributed by atoms with Gasteiger partial charge in [0.15, 0.2) is 17.3 Å². The van der Waals surface area contributed by atoms with Gasteiger partial charge in [0.1, 0.15) is 34.0 Å². The van der Waals surface area contributed by atoms with Crippen LogP contribution in [0.1, 0.15) is 42.3 Å². The highest BCUT2D eigenvalue weighted by Gasteiger charge is 2.56. The minimum Gasteiger partial charge on any atom is -0.507 e. The smallest absolute Gasteiger partial charge is 0.194 e. The van der Waals surface area contributed by atoms with Gasteiger partial charge in [0.2, 0.25) is 0 Å². The second kappa shape index (κ2) is 7.37. The number of carbonyl (C=O) groups excluding carboxylic acids is 3. The van der Waals surface area contributed by atoms with Crippen LogP contribution in [0, 0.1) is 6.92 Å². The predicted molar refractivity (Wildman–Crippen MR) is 114 cm³/mol. The minimum atomic E-state index is -1.52. The molecule has 0 radical (unpaired) electrons. The van der Waals surface area contributed by atoms with Crippen molar-refractivity contribution in [2.45, 2.75) is 39.7 Å². The van der Waals surface area contributed by atoms with Gasteiger partial charge >= 0.3 is 0 Å². The van der Waals surface area contributed by atoms with Gasteiger partial charge < -0.3 is 20.3 Å². The number of nitrogens with zero attached hydrogens (tertiary/aromatic N) is 2. The van der Waals surface area contributed by atoms with Crippen molar-refractivity contribution in [2.24, 2.45) is 0 Å². The van der Waals surface area contributed by atoms with Crippen LogP contribution in [-0.4, -0.2) is 43.9 Å². The highest BCUT2D eigenvalue weighted by atomic mass is 16.5. The highest BCUT2D eigenvalue weighted by Crippen LogP contribution is 2.57. The Morgan fingerprint density at radius 2 is 1.97 bits per heavy atom. The van der Waals surface area contributed by atoms with E-state index in [2.05, 4.69) is 10.4 Å². The van der Waals surface area contributed by atoms with Crippen LogP contribution in [0.2, 0.25) is 0 Å². The fourth-order valence-electron chi connectivity index (χ4n) is 4.24. The van der Waals surface area contributed by atoms with Crippen molar-refractivity contribution in [3.63, 3.8) is 0 Å². The number of hydrogen-bond donors (Lipinski definition) is 3. The van der Waals surface area contributed by atoms with E-state index in [1.165, 1.54) is 26.8 Å². The first kappa shape index (κ1) is 21.4. The molecular formula is C23H23N3O6. The molecule has 0 spiro atoms. The van der Waals surface area contributed by atoms with Crippen LogP contribution in [0.25, 0.3) is 0 Å². The third-order valence-electron chi connectivity index (χ3n) is 6.05. The highest BCUT2D eigenvalue weighted by molar-refractivity contribution is 6.31. The lowest BCUT2D eigenvalue weighted by molar-refractivity contribution is -0.123. The molecule has 0 saturated heterocycles. The number of Topliss-reactive ketones (excluding diaryl/α,β-unsaturated/α-hetero) is 2. The van der Waals surface area contributed by atoms with Crippen LogP contribution in [-0.2, 0) is 21.5 Å². The van der Waals surface area contributed by atoms with E-state index in [-0.39, 0.29) is 39.5 Å². The fourth-order valence-corrected chi connectivity index (χ4v) is 4.24. The van der Waals surface area contributed by atoms with Crippen LogP contribution in [0.4, 0.5) is 0 Å². The van der Waals surface area contributed by atoms with E-state index in [4.69, 9.17) is 4.74 Å². The second-order valence-electron chi connectivity index (χ2n) is 8.08. The number of aromatic hydroxyl groups is 2. The second-order valence-corrected chi connectivity index (χ2v) is 8.08. The van der Waals surface area contributed by atoms with Crippen LogP contribution in [0.15, 0.2) is 41.6 Å². The van der Waals surface area contributed by atoms with E-state index in [0.717, 1.165) is 0 Å². The number of allylic oxidation sites excluding steroid dienone is 4. The molecule has 1 atom stereocenters. The quantitative estimate of drug-likeness (QED) is 0.368. The molecule has 1 aliphatic heterocycles. The summed E-state index contributed by atoms with van der Waals surface area (Å²) in [6.45, 7) is 6.84. The maximum absolute atomic E-state index is 13.6. The average molecular weight is 437 g/mol. The molecule has 2 heterocycles. The van der Waals surface area contributed by atoms with Gasteiger partial charge in [-0.25, -0.2) is 0 Å². The predicted octanol–water partition coefficient (Wildman–Crippen LogP) is 2.05. The molecule has 2 aliphatic rings. The molecule has 4 rings (SSSR count). The number of rotatable bonds is 5. The van der Waals surface area contributed by atoms with E-state index in [1.54, 1.807) is 30.1 Å². The first-order chi connectivity index (χ1) is 15.1. The van der Waals surface area contributed by atoms with Gasteiger partial charge in [0.05, 0.1) is 17.7 Å². The topological polar surface area (TPSA) is 131 Å². The summed E-state index contributed by atoms with van der Waals surface area (Å²) in [4.78, 5) is 38.7. The first-order valence-electron chi connectivity index (χ1n) is 10.1. The van der Waals surface area contributed by atoms with E-state index in [1.807, 2.05) is 0 Å². The van der Waals surface area contributed by atoms with Crippen molar-refractivity contribution in [2.75, 3.05) is 6.54 Å². The summed E-state index contributed by atoms with van der Waals surface area (Å²) in [6.07, 6.45) is 4.66. The fraction of sp³-hybridized carbons (Fsp3) is 0.304. The van der Waals surface area contributed by atoms with Crippen molar-refractivity contribution in [1.82, 2.24) is 15.1 Å². The molecule has 0 amide bonds. The van der Waals surface area contributed by atoms with Gasteiger partial charge in [-0.1, -0.05) is 0 Å². The van der Waals surface area contributed by atoms with Crippen molar-refractivity contribution < 1.29 is 29.3 Å². The Balaban J connectivity index is 1.79. The van der Waals surface area contributed by atoms with Crippen molar-refractivity contribution >= 4 is 17.3 Å². The van der Waals surface area contributed by atoms with Crippen molar-refractivity contribution in [3.05, 3.63) is 58.3 Å². The first-order valence-corrected chi connectivity index (χ1v) is 10.1. The average Bonchev–Trinajstić information content (AvgIpc) is 3.33. The summed E-state index contributed by atoms with van der Waals surface area (Å²) in [7, 11) is 0. The molecule has 32 heavy (non-hydrogen) atoms. The number of ether oxygens (including phenoxy) is 1. The summed E-state index contributed by atoms with van der Waals surface area (Å²) in [5.74, 6) is -2.43. The molecular weight excluding hydrogens is 414 g/mol. The number of nitrogens with one attached hydrogen (secondary N) is 1. The van der Waals surface area contributed by atoms with E-state index >= 15 is 0 Å². The lowest BCUT2D eigenvalue weighted by atomic mass is 9.70. The number of phenolic OH excluding ortho intramolecular Hbond substituents is 2. The molecule has 0 fully saturated rings. The van der Waals surface area contributed by atoms with E-state index in [0.29, 0.717) is 18.8 Å². The zero-order valence-corrected chi connectivity index (χ0v) is 18.1. The number of hydrogen-bond acceptors (Lipinski definition) is 8. The summed E-state index contributed by atoms with van der Waals surface area (Å²) in [5, 5.41) is 28.4. The summed E-state index contributed by atoms with van der Waals surface area (Å²) >= 11 is 0. The Kier molecular flexibility index (Phi) is 4.92. The standard InChI is InChI=1S/C23H23N3O6/c1-11-19(29)17(13(3)27)21-18(20(11)30)23(4)15(32-21)10-14(28)16(22(23)31)12(2)24-7-9-26-8-5-6-25-26/h5-6,8,10,24,29-30H,7,9H2,1-4H3/b16-12+/t23-/m1/s1. The molecule has 166 valence electrons. The third-order valence-corrected chi connectivity index (χ3v) is 6.05. The van der Waals surface area contributed by atoms with Gasteiger partial charge in [-0.15, -0.1) is 0 Å². The lowest BCUT2D eigenvalue weighted by Crippen LogP contribution is -2.41. The molecule has 9 nitrogen and oxygen atoms in total. The number of fused-ring (bicyclic) bond motifs is 3. The Hall–Kier alpha value is -3.88. The maximum Gasteiger partial charge on any atom is 0.194 e. The monoisotopic (exact) mass is 437 g/mol. The number of ketones is 3. The SMILES string of the molecule is CC(=O)c1c(O)c(C)c(O)c2c1OC1=CC(=O)/C(=C(/C)NCCn3cccn3)C(=O)[C@]12C. The van der Waals surface area contributed by atoms with E-state index < -0.39 is 28.5 Å². The zero-order chi connectivity index (χ0) is 23.4. The molecule has 0 saturated carbocycles. The molecule has 9 heteroatoms. The lowest BCUT2D eigenvalue weighted by Gasteiger charge is -2.29. The Morgan fingerprint density at radius 1 is 1.25 bits per heavy atom. The Labute approximate surface area is 184 Å². The molecule has 0 unspecified atom stereocenters. The summed E-state index contributed by atoms with van der Waals surface area (Å²) in [6, 6.07) is 1.80. The van der Waals surface area contributed by atoms with Crippen LogP contribution in [0.5, 0.6) is 17.2 Å². The minimum absolute atomic E-state index is 0.0124. The molecule has 1 aromatic heterocycles. The number of aromatic nitrogens is 2. The molecule has 3 N–H and O–H groups in total. The zero-order valence-electron chi connectivity index (χ0n) is 18.1. The Morgan fingerprint density at radius 3 is 2.59 bits per heavy atom. The van der Waals surface area contributed by atoms with Crippen molar-refractivity contribution in [3.8, 4) is 17.2 Å². The van der Waals surface area contributed by atoms with Gasteiger partial charge in [0.25, 0.3) is 0 Å². The van der Waals surface area contributed by atoms with Crippen LogP contribution in [0.3, 0.4) is 0 Å². The maximum atomic E-state index is 13.6. The van der Waals surface area contributed by atoms with Gasteiger partial charge in [-0.3, -0.25) is 19.1 Å². The normalized spacial score (nSPS) is 20.9. The van der Waals surface area contributed by atoms with Crippen LogP contribution >= 0.6 is 0 Å². The summed E-state index contributed by atoms with van der Waals surface area (Å²) in [5.41, 5.74) is -1.18. The molecule has 1 aromatic carbocycles. The summed E-state index contributed by atoms with van der Waals surface area (Å²) < 4.78 is 7.46. The molecule has 0 bridgehead atoms. The largest absolute Gasteiger partial charge is 0.507 e.